The van der Waals surface area contributed by atoms with Gasteiger partial charge in [0.25, 0.3) is 0 Å². The van der Waals surface area contributed by atoms with E-state index >= 15 is 0 Å². The van der Waals surface area contributed by atoms with Gasteiger partial charge in [-0.2, -0.15) is 0 Å². The fraction of sp³-hybridized carbons (Fsp3) is 0. The molecule has 0 bridgehead atoms. The third-order valence-corrected chi connectivity index (χ3v) is 0. The summed E-state index contributed by atoms with van der Waals surface area (Å²) in [4.78, 5) is 0. The van der Waals surface area contributed by atoms with Crippen molar-refractivity contribution < 1.29 is 57.3 Å². The molecule has 0 saturated carbocycles. The molecular weight excluding hydrogens is 292 g/mol. The summed E-state index contributed by atoms with van der Waals surface area (Å²) >= 11 is -9.33. The van der Waals surface area contributed by atoms with E-state index in [1.807, 2.05) is 0 Å². The van der Waals surface area contributed by atoms with Crippen LogP contribution in [0.5, 0.6) is 0 Å². The maximum atomic E-state index is 8.44. The van der Waals surface area contributed by atoms with E-state index in [9.17, 15) is 0 Å². The Kier molecular flexibility index (Phi) is 33.5. The van der Waals surface area contributed by atoms with Crippen LogP contribution in [-0.2, 0) is 51.4 Å². The molecule has 0 heterocycles. The molecule has 0 aromatic carbocycles. The summed E-state index contributed by atoms with van der Waals surface area (Å²) in [6.45, 7) is 0. The molecule has 13 heavy (non-hydrogen) atoms. The van der Waals surface area contributed by atoms with Crippen LogP contribution in [0.2, 0.25) is 0 Å². The van der Waals surface area contributed by atoms with Crippen LogP contribution in [0.25, 0.3) is 0 Å². The molecule has 81 valence electrons. The van der Waals surface area contributed by atoms with Crippen molar-refractivity contribution in [2.75, 3.05) is 0 Å². The quantitative estimate of drug-likeness (QED) is 0.418. The third kappa shape index (κ3) is 2670. The van der Waals surface area contributed by atoms with Gasteiger partial charge in [0.2, 0.25) is 0 Å². The van der Waals surface area contributed by atoms with Gasteiger partial charge in [-0.3, -0.25) is 12.6 Å². The molecule has 0 N–H and O–H groups in total. The number of hydrogen-bond donors (Lipinski definition) is 0. The molecule has 1 radical (unpaired) electrons. The van der Waals surface area contributed by atoms with Crippen molar-refractivity contribution >= 4 is 34.1 Å². The van der Waals surface area contributed by atoms with Crippen LogP contribution in [0.15, 0.2) is 0 Å². The summed E-state index contributed by atoms with van der Waals surface area (Å²) in [5, 5.41) is 0. The Morgan fingerprint density at radius 1 is 0.538 bits per heavy atom. The number of hydrogen-bond acceptors (Lipinski definition) is 9. The molecule has 9 nitrogen and oxygen atoms in total. The van der Waals surface area contributed by atoms with E-state index in [0.717, 1.165) is 0 Å². The van der Waals surface area contributed by atoms with Crippen molar-refractivity contribution in [1.82, 2.24) is 0 Å². The normalized spacial score (nSPS) is 8.08. The average molecular weight is 292 g/mol. The zero-order chi connectivity index (χ0) is 10.7. The summed E-state index contributed by atoms with van der Waals surface area (Å²) in [5.41, 5.74) is 0. The summed E-state index contributed by atoms with van der Waals surface area (Å²) in [7, 11) is 0. The van der Waals surface area contributed by atoms with E-state index in [0.29, 0.717) is 0 Å². The van der Waals surface area contributed by atoms with E-state index in [-0.39, 0.29) is 17.4 Å². The van der Waals surface area contributed by atoms with Crippen LogP contribution in [0.4, 0.5) is 0 Å². The molecule has 0 atom stereocenters. The van der Waals surface area contributed by atoms with Gasteiger partial charge in [-0.1, -0.05) is 0 Å². The molecule has 0 aromatic heterocycles. The fourth-order valence-corrected chi connectivity index (χ4v) is 0. The second-order valence-electron chi connectivity index (χ2n) is 0.612. The Hall–Kier alpha value is 0.742. The van der Waals surface area contributed by atoms with Gasteiger partial charge in [0.15, 0.2) is 0 Å². The van der Waals surface area contributed by atoms with Crippen LogP contribution in [0.3, 0.4) is 0 Å². The maximum absolute atomic E-state index is 8.44. The van der Waals surface area contributed by atoms with Crippen molar-refractivity contribution in [3.63, 3.8) is 0 Å². The largest absolute Gasteiger partial charge is 3.00 e. The monoisotopic (exact) mass is 292 g/mol. The zero-order valence-corrected chi connectivity index (χ0v) is 9.03. The van der Waals surface area contributed by atoms with Gasteiger partial charge in [0.05, 0.1) is 0 Å². The Bertz CT molecular complexity index is 112. The van der Waals surface area contributed by atoms with Gasteiger partial charge in [-0.15, -0.1) is 34.1 Å². The van der Waals surface area contributed by atoms with Crippen molar-refractivity contribution in [3.8, 4) is 0 Å². The topological polar surface area (TPSA) is 190 Å². The minimum absolute atomic E-state index is 0. The van der Waals surface area contributed by atoms with Gasteiger partial charge in [0.1, 0.15) is 0 Å². The summed E-state index contributed by atoms with van der Waals surface area (Å²) in [6.07, 6.45) is 0. The zero-order valence-electron chi connectivity index (χ0n) is 5.31. The second kappa shape index (κ2) is 18.5. The maximum Gasteiger partial charge on any atom is 3.00 e. The number of rotatable bonds is 0. The van der Waals surface area contributed by atoms with Gasteiger partial charge in [0, 0.05) is 0 Å². The standard InChI is InChI=1S/Cr.3H2O3S/c;3*1-4(2)3/h;3*(H2,1,2,3)/q+3;;;/p-6. The molecule has 0 rings (SSSR count). The van der Waals surface area contributed by atoms with Crippen molar-refractivity contribution in [2.45, 2.75) is 0 Å². The van der Waals surface area contributed by atoms with E-state index < -0.39 is 34.1 Å². The predicted octanol–water partition coefficient (Wildman–Crippen LogP) is -3.01. The third-order valence-electron chi connectivity index (χ3n) is 0. The van der Waals surface area contributed by atoms with Crippen LogP contribution < -0.4 is 0 Å². The molecule has 0 spiro atoms. The summed E-state index contributed by atoms with van der Waals surface area (Å²) in [5.74, 6) is 0. The van der Waals surface area contributed by atoms with E-state index in [1.165, 1.54) is 0 Å². The van der Waals surface area contributed by atoms with Crippen LogP contribution in [-0.4, -0.2) is 39.9 Å². The molecule has 0 aliphatic heterocycles. The van der Waals surface area contributed by atoms with E-state index in [1.54, 1.807) is 0 Å². The van der Waals surface area contributed by atoms with Gasteiger partial charge in [-0.25, -0.2) is 0 Å². The van der Waals surface area contributed by atoms with Crippen molar-refractivity contribution in [1.29, 1.82) is 0 Å². The molecule has 0 aromatic rings. The van der Waals surface area contributed by atoms with Crippen LogP contribution >= 0.6 is 0 Å². The average Bonchev–Trinajstić information content (AvgIpc) is 1.54. The Balaban J connectivity index is -0.0000000450. The molecule has 0 saturated heterocycles. The summed E-state index contributed by atoms with van der Waals surface area (Å²) in [6, 6.07) is 0. The molecule has 13 heteroatoms. The van der Waals surface area contributed by atoms with Crippen LogP contribution in [0.1, 0.15) is 0 Å². The summed E-state index contributed by atoms with van der Waals surface area (Å²) < 4.78 is 76.0. The molecule has 0 amide bonds. The predicted molar refractivity (Wildman–Crippen MR) is 29.1 cm³/mol. The van der Waals surface area contributed by atoms with Gasteiger partial charge < -0.3 is 27.3 Å². The van der Waals surface area contributed by atoms with Gasteiger partial charge >= 0.3 is 17.4 Å². The molecule has 0 aliphatic rings. The first-order chi connectivity index (χ1) is 5.20. The van der Waals surface area contributed by atoms with Crippen molar-refractivity contribution in [3.05, 3.63) is 0 Å². The SMILES string of the molecule is O=S([O-])[O-].O=S([O-])[O-].O=S([O-])[O-].[Cr+3]. The van der Waals surface area contributed by atoms with E-state index in [4.69, 9.17) is 39.9 Å². The fourth-order valence-electron chi connectivity index (χ4n) is 0. The molecular formula is CrO9S3-3. The smallest absolute Gasteiger partial charge is 0.784 e. The Morgan fingerprint density at radius 2 is 0.538 bits per heavy atom. The van der Waals surface area contributed by atoms with Crippen LogP contribution in [0, 0.1) is 0 Å². The first-order valence-corrected chi connectivity index (χ1v) is 4.50. The minimum Gasteiger partial charge on any atom is -0.784 e. The van der Waals surface area contributed by atoms with E-state index in [2.05, 4.69) is 0 Å². The van der Waals surface area contributed by atoms with Crippen molar-refractivity contribution in [2.24, 2.45) is 0 Å². The minimum atomic E-state index is -3.11. The second-order valence-corrected chi connectivity index (χ2v) is 1.84. The Morgan fingerprint density at radius 3 is 0.538 bits per heavy atom. The van der Waals surface area contributed by atoms with Gasteiger partial charge in [-0.05, 0) is 0 Å². The molecule has 0 fully saturated rings. The molecule has 0 aliphatic carbocycles. The molecule has 0 unspecified atom stereocenters. The Labute approximate surface area is 91.4 Å². The first kappa shape index (κ1) is 23.5. The first-order valence-electron chi connectivity index (χ1n) is 1.50.